The summed E-state index contributed by atoms with van der Waals surface area (Å²) in [7, 11) is -4.08. The van der Waals surface area contributed by atoms with Crippen molar-refractivity contribution >= 4 is 15.9 Å². The van der Waals surface area contributed by atoms with Gasteiger partial charge in [-0.1, -0.05) is 26.0 Å². The molecule has 0 aliphatic carbocycles. The Bertz CT molecular complexity index is 640. The highest BCUT2D eigenvalue weighted by molar-refractivity contribution is 7.89. The van der Waals surface area contributed by atoms with E-state index in [4.69, 9.17) is 0 Å². The van der Waals surface area contributed by atoms with Gasteiger partial charge in [0.1, 0.15) is 16.8 Å². The van der Waals surface area contributed by atoms with Crippen molar-refractivity contribution in [3.8, 4) is 0 Å². The molecule has 7 heteroatoms. The standard InChI is InChI=1S/C15H21FN2O3S/c1-11(2)14(15(19)18-9-5-6-10-18)17-22(20,21)13-8-4-3-7-12(13)16/h3-4,7-8,11,14,17H,5-6,9-10H2,1-2H3/t14-/m1/s1. The van der Waals surface area contributed by atoms with Crippen LogP contribution in [0.5, 0.6) is 0 Å². The topological polar surface area (TPSA) is 66.5 Å². The molecule has 1 amide bonds. The average molecular weight is 328 g/mol. The molecule has 1 aliphatic rings. The van der Waals surface area contributed by atoms with Crippen LogP contribution in [-0.2, 0) is 14.8 Å². The molecule has 5 nitrogen and oxygen atoms in total. The molecular formula is C15H21FN2O3S. The van der Waals surface area contributed by atoms with Gasteiger partial charge in [-0.3, -0.25) is 4.79 Å². The zero-order valence-corrected chi connectivity index (χ0v) is 13.6. The maximum atomic E-state index is 13.7. The molecule has 0 radical (unpaired) electrons. The van der Waals surface area contributed by atoms with E-state index in [1.807, 2.05) is 0 Å². The van der Waals surface area contributed by atoms with Crippen LogP contribution in [0.15, 0.2) is 29.2 Å². The van der Waals surface area contributed by atoms with Gasteiger partial charge in [-0.2, -0.15) is 4.72 Å². The number of likely N-dealkylation sites (tertiary alicyclic amines) is 1. The van der Waals surface area contributed by atoms with Gasteiger partial charge in [0.25, 0.3) is 0 Å². The van der Waals surface area contributed by atoms with Crippen molar-refractivity contribution in [2.75, 3.05) is 13.1 Å². The molecule has 1 aromatic carbocycles. The first-order valence-electron chi connectivity index (χ1n) is 7.38. The predicted octanol–water partition coefficient (Wildman–Crippen LogP) is 1.75. The lowest BCUT2D eigenvalue weighted by molar-refractivity contribution is -0.132. The third kappa shape index (κ3) is 3.64. The van der Waals surface area contributed by atoms with E-state index in [1.54, 1.807) is 18.7 Å². The van der Waals surface area contributed by atoms with Gasteiger partial charge in [-0.25, -0.2) is 12.8 Å². The van der Waals surface area contributed by atoms with E-state index in [0.717, 1.165) is 18.9 Å². The fourth-order valence-electron chi connectivity index (χ4n) is 2.50. The van der Waals surface area contributed by atoms with E-state index in [2.05, 4.69) is 4.72 Å². The summed E-state index contributed by atoms with van der Waals surface area (Å²) in [4.78, 5) is 13.7. The van der Waals surface area contributed by atoms with Crippen LogP contribution in [0.4, 0.5) is 4.39 Å². The summed E-state index contributed by atoms with van der Waals surface area (Å²) in [6.07, 6.45) is 1.85. The largest absolute Gasteiger partial charge is 0.341 e. The Balaban J connectivity index is 2.24. The highest BCUT2D eigenvalue weighted by atomic mass is 32.2. The number of amides is 1. The third-order valence-electron chi connectivity index (χ3n) is 3.76. The Kier molecular flexibility index (Phi) is 5.18. The van der Waals surface area contributed by atoms with Gasteiger partial charge < -0.3 is 4.90 Å². The van der Waals surface area contributed by atoms with Crippen LogP contribution < -0.4 is 4.72 Å². The number of hydrogen-bond acceptors (Lipinski definition) is 3. The van der Waals surface area contributed by atoms with Crippen molar-refractivity contribution < 1.29 is 17.6 Å². The number of carbonyl (C=O) groups excluding carboxylic acids is 1. The summed E-state index contributed by atoms with van der Waals surface area (Å²) >= 11 is 0. The normalized spacial score (nSPS) is 17.0. The maximum absolute atomic E-state index is 13.7. The second-order valence-corrected chi connectivity index (χ2v) is 7.49. The van der Waals surface area contributed by atoms with Crippen molar-refractivity contribution in [3.63, 3.8) is 0 Å². The second-order valence-electron chi connectivity index (χ2n) is 5.81. The predicted molar refractivity (Wildman–Crippen MR) is 81.2 cm³/mol. The van der Waals surface area contributed by atoms with Gasteiger partial charge in [0.05, 0.1) is 0 Å². The number of nitrogens with one attached hydrogen (secondary N) is 1. The molecule has 0 aromatic heterocycles. The number of sulfonamides is 1. The molecule has 0 saturated carbocycles. The molecule has 1 aliphatic heterocycles. The zero-order valence-electron chi connectivity index (χ0n) is 12.8. The second kappa shape index (κ2) is 6.75. The molecule has 22 heavy (non-hydrogen) atoms. The van der Waals surface area contributed by atoms with Crippen LogP contribution in [0.1, 0.15) is 26.7 Å². The molecule has 0 spiro atoms. The minimum absolute atomic E-state index is 0.227. The van der Waals surface area contributed by atoms with Gasteiger partial charge in [0, 0.05) is 13.1 Å². The number of nitrogens with zero attached hydrogens (tertiary/aromatic N) is 1. The first-order valence-corrected chi connectivity index (χ1v) is 8.87. The highest BCUT2D eigenvalue weighted by Gasteiger charge is 2.33. The maximum Gasteiger partial charge on any atom is 0.244 e. The van der Waals surface area contributed by atoms with E-state index in [-0.39, 0.29) is 11.8 Å². The summed E-state index contributed by atoms with van der Waals surface area (Å²) in [5.41, 5.74) is 0. The van der Waals surface area contributed by atoms with Crippen molar-refractivity contribution in [3.05, 3.63) is 30.1 Å². The molecule has 2 rings (SSSR count). The van der Waals surface area contributed by atoms with Gasteiger partial charge in [0.15, 0.2) is 0 Å². The van der Waals surface area contributed by atoms with Gasteiger partial charge in [-0.05, 0) is 30.9 Å². The smallest absolute Gasteiger partial charge is 0.244 e. The average Bonchev–Trinajstić information content (AvgIpc) is 2.98. The molecule has 122 valence electrons. The first kappa shape index (κ1) is 16.9. The van der Waals surface area contributed by atoms with Gasteiger partial charge >= 0.3 is 0 Å². The lowest BCUT2D eigenvalue weighted by Gasteiger charge is -2.26. The van der Waals surface area contributed by atoms with E-state index in [9.17, 15) is 17.6 Å². The SMILES string of the molecule is CC(C)[C@@H](NS(=O)(=O)c1ccccc1F)C(=O)N1CCCC1. The van der Waals surface area contributed by atoms with Crippen molar-refractivity contribution in [2.24, 2.45) is 5.92 Å². The van der Waals surface area contributed by atoms with Crippen LogP contribution in [-0.4, -0.2) is 38.4 Å². The summed E-state index contributed by atoms with van der Waals surface area (Å²) in [6.45, 7) is 4.82. The fourth-order valence-corrected chi connectivity index (χ4v) is 3.92. The van der Waals surface area contributed by atoms with Crippen LogP contribution in [0, 0.1) is 11.7 Å². The lowest BCUT2D eigenvalue weighted by atomic mass is 10.0. The van der Waals surface area contributed by atoms with Crippen molar-refractivity contribution in [2.45, 2.75) is 37.6 Å². The number of hydrogen-bond donors (Lipinski definition) is 1. The molecule has 0 unspecified atom stereocenters. The van der Waals surface area contributed by atoms with E-state index >= 15 is 0 Å². The summed E-state index contributed by atoms with van der Waals surface area (Å²) in [6, 6.07) is 4.26. The van der Waals surface area contributed by atoms with Crippen molar-refractivity contribution in [1.29, 1.82) is 0 Å². The molecule has 1 heterocycles. The molecule has 1 saturated heterocycles. The molecule has 1 aromatic rings. The quantitative estimate of drug-likeness (QED) is 0.895. The first-order chi connectivity index (χ1) is 10.3. The Hall–Kier alpha value is -1.47. The van der Waals surface area contributed by atoms with Crippen LogP contribution >= 0.6 is 0 Å². The van der Waals surface area contributed by atoms with E-state index < -0.39 is 26.8 Å². The van der Waals surface area contributed by atoms with E-state index in [1.165, 1.54) is 18.2 Å². The van der Waals surface area contributed by atoms with Crippen LogP contribution in [0.3, 0.4) is 0 Å². The van der Waals surface area contributed by atoms with Gasteiger partial charge in [-0.15, -0.1) is 0 Å². The summed E-state index contributed by atoms with van der Waals surface area (Å²) < 4.78 is 40.8. The molecular weight excluding hydrogens is 307 g/mol. The van der Waals surface area contributed by atoms with Crippen molar-refractivity contribution in [1.82, 2.24) is 9.62 Å². The zero-order chi connectivity index (χ0) is 16.3. The Morgan fingerprint density at radius 2 is 1.82 bits per heavy atom. The highest BCUT2D eigenvalue weighted by Crippen LogP contribution is 2.18. The Labute approximate surface area is 130 Å². The molecule has 0 bridgehead atoms. The van der Waals surface area contributed by atoms with E-state index in [0.29, 0.717) is 13.1 Å². The Morgan fingerprint density at radius 1 is 1.23 bits per heavy atom. The fraction of sp³-hybridized carbons (Fsp3) is 0.533. The third-order valence-corrected chi connectivity index (χ3v) is 5.23. The molecule has 1 fully saturated rings. The number of carbonyl (C=O) groups is 1. The summed E-state index contributed by atoms with van der Waals surface area (Å²) in [5, 5.41) is 0. The summed E-state index contributed by atoms with van der Waals surface area (Å²) in [5.74, 6) is -1.30. The minimum Gasteiger partial charge on any atom is -0.341 e. The van der Waals surface area contributed by atoms with Crippen LogP contribution in [0.25, 0.3) is 0 Å². The van der Waals surface area contributed by atoms with Gasteiger partial charge in [0.2, 0.25) is 15.9 Å². The minimum atomic E-state index is -4.08. The Morgan fingerprint density at radius 3 is 2.36 bits per heavy atom. The molecule has 1 atom stereocenters. The van der Waals surface area contributed by atoms with Crippen LogP contribution in [0.2, 0.25) is 0 Å². The monoisotopic (exact) mass is 328 g/mol. The number of rotatable bonds is 5. The lowest BCUT2D eigenvalue weighted by Crippen LogP contribution is -2.50. The molecule has 1 N–H and O–H groups in total. The number of halogens is 1. The number of benzene rings is 1.